The molecular formula is C23H27FN4O5S2. The summed E-state index contributed by atoms with van der Waals surface area (Å²) in [5, 5.41) is 4.92. The smallest absolute Gasteiger partial charge is 0.409 e. The van der Waals surface area contributed by atoms with Crippen LogP contribution in [0, 0.1) is 17.7 Å². The third-order valence-corrected chi connectivity index (χ3v) is 8.80. The van der Waals surface area contributed by atoms with E-state index in [0.717, 1.165) is 38.0 Å². The van der Waals surface area contributed by atoms with Crippen molar-refractivity contribution in [3.05, 3.63) is 30.2 Å². The fourth-order valence-electron chi connectivity index (χ4n) is 4.77. The van der Waals surface area contributed by atoms with Crippen LogP contribution in [0.1, 0.15) is 32.6 Å². The van der Waals surface area contributed by atoms with Gasteiger partial charge >= 0.3 is 6.09 Å². The number of amides is 1. The summed E-state index contributed by atoms with van der Waals surface area (Å²) < 4.78 is 50.5. The van der Waals surface area contributed by atoms with Crippen molar-refractivity contribution >= 4 is 32.2 Å². The van der Waals surface area contributed by atoms with Crippen LogP contribution in [0.3, 0.4) is 0 Å². The predicted octanol–water partition coefficient (Wildman–Crippen LogP) is 4.02. The number of halogens is 1. The van der Waals surface area contributed by atoms with Gasteiger partial charge in [0.15, 0.2) is 9.84 Å². The van der Waals surface area contributed by atoms with Gasteiger partial charge in [-0.2, -0.15) is 0 Å². The summed E-state index contributed by atoms with van der Waals surface area (Å²) in [5.41, 5.74) is 0.567. The lowest BCUT2D eigenvalue weighted by molar-refractivity contribution is 0.0365. The Kier molecular flexibility index (Phi) is 6.20. The van der Waals surface area contributed by atoms with Crippen molar-refractivity contribution in [2.75, 3.05) is 19.9 Å². The number of carbonyl (C=O) groups excluding carboxylic acids is 1. The minimum Gasteiger partial charge on any atom is -0.466 e. The average Bonchev–Trinajstić information content (AvgIpc) is 3.49. The molecule has 2 fully saturated rings. The summed E-state index contributed by atoms with van der Waals surface area (Å²) in [6, 6.07) is 3.97. The molecule has 1 aliphatic heterocycles. The molecule has 2 aromatic heterocycles. The lowest BCUT2D eigenvalue weighted by Gasteiger charge is -2.40. The van der Waals surface area contributed by atoms with Crippen LogP contribution < -0.4 is 4.74 Å². The van der Waals surface area contributed by atoms with Gasteiger partial charge in [0.05, 0.1) is 23.9 Å². The number of piperidine rings is 1. The Labute approximate surface area is 206 Å². The van der Waals surface area contributed by atoms with Crippen LogP contribution in [0.2, 0.25) is 0 Å². The molecule has 35 heavy (non-hydrogen) atoms. The van der Waals surface area contributed by atoms with E-state index in [1.54, 1.807) is 10.7 Å². The fraction of sp³-hybridized carbons (Fsp3) is 0.522. The molecule has 3 heterocycles. The molecule has 3 atom stereocenters. The van der Waals surface area contributed by atoms with Gasteiger partial charge in [0, 0.05) is 24.4 Å². The Hall–Kier alpha value is -2.73. The Morgan fingerprint density at radius 2 is 2.06 bits per heavy atom. The van der Waals surface area contributed by atoms with Crippen LogP contribution in [0.15, 0.2) is 29.3 Å². The maximum atomic E-state index is 14.6. The number of rotatable bonds is 6. The van der Waals surface area contributed by atoms with Gasteiger partial charge in [-0.3, -0.25) is 0 Å². The number of fused-ring (bicyclic) bond motifs is 1. The van der Waals surface area contributed by atoms with Crippen LogP contribution in [0.25, 0.3) is 16.2 Å². The van der Waals surface area contributed by atoms with Crippen LogP contribution in [-0.2, 0) is 14.6 Å². The van der Waals surface area contributed by atoms with E-state index in [-0.39, 0.29) is 34.6 Å². The van der Waals surface area contributed by atoms with Crippen molar-refractivity contribution in [3.63, 3.8) is 0 Å². The number of benzene rings is 1. The molecule has 5 rings (SSSR count). The molecule has 1 saturated heterocycles. The van der Waals surface area contributed by atoms with Gasteiger partial charge in [-0.25, -0.2) is 27.1 Å². The zero-order valence-electron chi connectivity index (χ0n) is 19.7. The van der Waals surface area contributed by atoms with Gasteiger partial charge in [-0.15, -0.1) is 5.10 Å². The monoisotopic (exact) mass is 522 g/mol. The molecule has 1 amide bonds. The maximum absolute atomic E-state index is 14.6. The number of nitrogens with zero attached hydrogens (tertiary/aromatic N) is 4. The van der Waals surface area contributed by atoms with E-state index in [1.807, 2.05) is 11.8 Å². The first-order chi connectivity index (χ1) is 16.6. The minimum atomic E-state index is -3.50. The number of ether oxygens (including phenoxy) is 2. The standard InChI is InChI=1S/C23H27FN4O5S2/c1-13(15-8-9-27(23(29)32-2)20(10-15)14-4-5-14)33-22-26-28-12-19(25-21(28)34-22)17-7-6-16(11-18(17)24)35(3,30)31/h6-7,11-15,20H,4-5,8-10H2,1-3H3. The van der Waals surface area contributed by atoms with Gasteiger partial charge in [0.25, 0.3) is 5.19 Å². The fourth-order valence-corrected chi connectivity index (χ4v) is 6.22. The lowest BCUT2D eigenvalue weighted by atomic mass is 9.85. The van der Waals surface area contributed by atoms with Gasteiger partial charge in [0.2, 0.25) is 4.96 Å². The van der Waals surface area contributed by atoms with Crippen LogP contribution in [-0.4, -0.2) is 66.1 Å². The predicted molar refractivity (Wildman–Crippen MR) is 128 cm³/mol. The molecule has 2 aliphatic rings. The van der Waals surface area contributed by atoms with Crippen molar-refractivity contribution < 1.29 is 27.1 Å². The molecule has 0 bridgehead atoms. The second-order valence-electron chi connectivity index (χ2n) is 9.31. The highest BCUT2D eigenvalue weighted by molar-refractivity contribution is 7.90. The minimum absolute atomic E-state index is 0.0797. The zero-order chi connectivity index (χ0) is 24.9. The molecule has 3 aromatic rings. The van der Waals surface area contributed by atoms with Crippen LogP contribution >= 0.6 is 11.3 Å². The first-order valence-corrected chi connectivity index (χ1v) is 14.2. The Morgan fingerprint density at radius 3 is 2.69 bits per heavy atom. The quantitative estimate of drug-likeness (QED) is 0.482. The summed E-state index contributed by atoms with van der Waals surface area (Å²) >= 11 is 1.26. The SMILES string of the molecule is COC(=O)N1CCC(C(C)Oc2nn3cc(-c4ccc(S(C)(=O)=O)cc4F)nc3s2)CC1C1CC1. The zero-order valence-corrected chi connectivity index (χ0v) is 21.3. The highest BCUT2D eigenvalue weighted by Crippen LogP contribution is 2.42. The summed E-state index contributed by atoms with van der Waals surface area (Å²) in [4.78, 5) is 18.9. The van der Waals surface area contributed by atoms with E-state index < -0.39 is 15.7 Å². The Bertz CT molecular complexity index is 1340. The van der Waals surface area contributed by atoms with Crippen LogP contribution in [0.5, 0.6) is 5.19 Å². The largest absolute Gasteiger partial charge is 0.466 e. The van der Waals surface area contributed by atoms with E-state index >= 15 is 0 Å². The van der Waals surface area contributed by atoms with Crippen molar-refractivity contribution in [2.45, 2.75) is 49.6 Å². The van der Waals surface area contributed by atoms with E-state index in [0.29, 0.717) is 28.3 Å². The number of methoxy groups -OCH3 is 1. The van der Waals surface area contributed by atoms with Crippen LogP contribution in [0.4, 0.5) is 9.18 Å². The second kappa shape index (κ2) is 9.05. The number of sulfone groups is 1. The number of aromatic nitrogens is 3. The third kappa shape index (κ3) is 4.86. The molecule has 1 aromatic carbocycles. The third-order valence-electron chi connectivity index (χ3n) is 6.88. The second-order valence-corrected chi connectivity index (χ2v) is 12.2. The Balaban J connectivity index is 1.28. The normalized spacial score (nSPS) is 21.8. The highest BCUT2D eigenvalue weighted by atomic mass is 32.2. The lowest BCUT2D eigenvalue weighted by Crippen LogP contribution is -2.49. The summed E-state index contributed by atoms with van der Waals surface area (Å²) in [7, 11) is -2.07. The maximum Gasteiger partial charge on any atom is 0.409 e. The topological polar surface area (TPSA) is 103 Å². The Morgan fingerprint density at radius 1 is 1.29 bits per heavy atom. The molecule has 188 valence electrons. The highest BCUT2D eigenvalue weighted by Gasteiger charge is 2.43. The number of carbonyl (C=O) groups is 1. The summed E-state index contributed by atoms with van der Waals surface area (Å²) in [6.07, 6.45) is 6.27. The van der Waals surface area contributed by atoms with Gasteiger partial charge in [0.1, 0.15) is 11.9 Å². The molecular weight excluding hydrogens is 495 g/mol. The number of hydrogen-bond donors (Lipinski definition) is 0. The van der Waals surface area contributed by atoms with E-state index in [2.05, 4.69) is 10.1 Å². The number of hydrogen-bond acceptors (Lipinski definition) is 8. The van der Waals surface area contributed by atoms with Crippen molar-refractivity contribution in [3.8, 4) is 16.5 Å². The van der Waals surface area contributed by atoms with E-state index in [4.69, 9.17) is 9.47 Å². The number of imidazole rings is 1. The van der Waals surface area contributed by atoms with Gasteiger partial charge in [-0.05, 0) is 74.0 Å². The molecule has 3 unspecified atom stereocenters. The molecule has 9 nitrogen and oxygen atoms in total. The van der Waals surface area contributed by atoms with Crippen molar-refractivity contribution in [2.24, 2.45) is 11.8 Å². The molecule has 0 spiro atoms. The summed E-state index contributed by atoms with van der Waals surface area (Å²) in [5.74, 6) is 0.167. The molecule has 12 heteroatoms. The molecule has 0 N–H and O–H groups in total. The molecule has 1 saturated carbocycles. The van der Waals surface area contributed by atoms with E-state index in [9.17, 15) is 17.6 Å². The van der Waals surface area contributed by atoms with Gasteiger partial charge < -0.3 is 14.4 Å². The number of likely N-dealkylation sites (tertiary alicyclic amines) is 1. The summed E-state index contributed by atoms with van der Waals surface area (Å²) in [6.45, 7) is 2.68. The van der Waals surface area contributed by atoms with Crippen molar-refractivity contribution in [1.82, 2.24) is 19.5 Å². The van der Waals surface area contributed by atoms with E-state index in [1.165, 1.54) is 30.6 Å². The first kappa shape index (κ1) is 24.0. The molecule has 0 radical (unpaired) electrons. The first-order valence-electron chi connectivity index (χ1n) is 11.5. The van der Waals surface area contributed by atoms with Crippen molar-refractivity contribution in [1.29, 1.82) is 0 Å². The average molecular weight is 523 g/mol. The van der Waals surface area contributed by atoms with Gasteiger partial charge in [-0.1, -0.05) is 0 Å². The molecule has 1 aliphatic carbocycles.